The molecule has 0 bridgehead atoms. The molecule has 1 amide bonds. The molecule has 39 heavy (non-hydrogen) atoms. The molecule has 0 radical (unpaired) electrons. The average molecular weight is 527 g/mol. The van der Waals surface area contributed by atoms with Crippen LogP contribution in [-0.4, -0.2) is 51.0 Å². The molecule has 3 aromatic carbocycles. The Morgan fingerprint density at radius 3 is 2.38 bits per heavy atom. The number of amides is 1. The van der Waals surface area contributed by atoms with Gasteiger partial charge in [-0.25, -0.2) is 4.79 Å². The minimum absolute atomic E-state index is 0.0595. The molecule has 5 rings (SSSR count). The molecule has 1 unspecified atom stereocenters. The summed E-state index contributed by atoms with van der Waals surface area (Å²) in [6.07, 6.45) is 1.88. The molecule has 0 aromatic heterocycles. The molecule has 6 nitrogen and oxygen atoms in total. The van der Waals surface area contributed by atoms with E-state index in [-0.39, 0.29) is 17.7 Å². The Labute approximate surface area is 230 Å². The molecule has 1 fully saturated rings. The quantitative estimate of drug-likeness (QED) is 0.436. The predicted octanol–water partition coefficient (Wildman–Crippen LogP) is 5.31. The SMILES string of the molecule is C[C@@H]1CCN(C[C@H](Cc2ccccc2)C(=O)N2Cc3ccccc3C[C@H]2C(=O)O)C(c2cccc(O)c2)[C@@H]1C. The van der Waals surface area contributed by atoms with E-state index in [0.29, 0.717) is 37.8 Å². The summed E-state index contributed by atoms with van der Waals surface area (Å²) in [6, 6.07) is 24.5. The molecule has 2 aliphatic rings. The minimum Gasteiger partial charge on any atom is -0.508 e. The number of carboxylic acids is 1. The van der Waals surface area contributed by atoms with Crippen LogP contribution in [-0.2, 0) is 29.0 Å². The van der Waals surface area contributed by atoms with Crippen LogP contribution < -0.4 is 0 Å². The lowest BCUT2D eigenvalue weighted by molar-refractivity contribution is -0.154. The number of nitrogens with zero attached hydrogens (tertiary/aromatic N) is 2. The molecule has 204 valence electrons. The Morgan fingerprint density at radius 2 is 1.67 bits per heavy atom. The zero-order chi connectivity index (χ0) is 27.5. The molecule has 1 saturated heterocycles. The lowest BCUT2D eigenvalue weighted by Crippen LogP contribution is -2.53. The van der Waals surface area contributed by atoms with E-state index in [0.717, 1.165) is 35.2 Å². The van der Waals surface area contributed by atoms with Crippen molar-refractivity contribution in [3.8, 4) is 5.75 Å². The highest BCUT2D eigenvalue weighted by atomic mass is 16.4. The van der Waals surface area contributed by atoms with Crippen LogP contribution in [0.3, 0.4) is 0 Å². The maximum atomic E-state index is 14.3. The number of phenols is 1. The van der Waals surface area contributed by atoms with Gasteiger partial charge < -0.3 is 15.1 Å². The number of phenolic OH excluding ortho intramolecular Hbond substituents is 1. The Hall–Kier alpha value is -3.64. The summed E-state index contributed by atoms with van der Waals surface area (Å²) in [5.41, 5.74) is 4.12. The van der Waals surface area contributed by atoms with Gasteiger partial charge in [0.1, 0.15) is 11.8 Å². The Morgan fingerprint density at radius 1 is 0.949 bits per heavy atom. The van der Waals surface area contributed by atoms with Crippen molar-refractivity contribution < 1.29 is 19.8 Å². The van der Waals surface area contributed by atoms with Crippen molar-refractivity contribution in [1.29, 1.82) is 0 Å². The molecule has 6 heteroatoms. The van der Waals surface area contributed by atoms with Crippen LogP contribution in [0.4, 0.5) is 0 Å². The first kappa shape index (κ1) is 26.9. The van der Waals surface area contributed by atoms with Crippen LogP contribution in [0, 0.1) is 17.8 Å². The third-order valence-electron chi connectivity index (χ3n) is 8.82. The number of benzene rings is 3. The van der Waals surface area contributed by atoms with Gasteiger partial charge in [0.2, 0.25) is 5.91 Å². The maximum Gasteiger partial charge on any atom is 0.326 e. The highest BCUT2D eigenvalue weighted by Crippen LogP contribution is 2.40. The van der Waals surface area contributed by atoms with E-state index in [9.17, 15) is 19.8 Å². The first-order chi connectivity index (χ1) is 18.8. The third kappa shape index (κ3) is 5.86. The van der Waals surface area contributed by atoms with Gasteiger partial charge in [0.05, 0.1) is 5.92 Å². The number of hydrogen-bond acceptors (Lipinski definition) is 4. The van der Waals surface area contributed by atoms with E-state index < -0.39 is 17.9 Å². The normalized spacial score (nSPS) is 24.1. The highest BCUT2D eigenvalue weighted by Gasteiger charge is 2.40. The van der Waals surface area contributed by atoms with Crippen molar-refractivity contribution in [3.63, 3.8) is 0 Å². The second-order valence-corrected chi connectivity index (χ2v) is 11.3. The van der Waals surface area contributed by atoms with E-state index in [2.05, 4.69) is 24.8 Å². The number of aromatic hydroxyl groups is 1. The van der Waals surface area contributed by atoms with Crippen molar-refractivity contribution in [1.82, 2.24) is 9.80 Å². The van der Waals surface area contributed by atoms with Gasteiger partial charge in [0, 0.05) is 25.6 Å². The van der Waals surface area contributed by atoms with Crippen molar-refractivity contribution in [2.24, 2.45) is 17.8 Å². The first-order valence-electron chi connectivity index (χ1n) is 14.0. The largest absolute Gasteiger partial charge is 0.508 e. The Bertz CT molecular complexity index is 1310. The van der Waals surface area contributed by atoms with Crippen molar-refractivity contribution in [3.05, 3.63) is 101 Å². The Kier molecular flexibility index (Phi) is 8.03. The number of piperidine rings is 1. The lowest BCUT2D eigenvalue weighted by Gasteiger charge is -2.45. The average Bonchev–Trinajstić information content (AvgIpc) is 2.94. The monoisotopic (exact) mass is 526 g/mol. The van der Waals surface area contributed by atoms with Crippen LogP contribution in [0.15, 0.2) is 78.9 Å². The molecule has 2 N–H and O–H groups in total. The predicted molar refractivity (Wildman–Crippen MR) is 151 cm³/mol. The number of likely N-dealkylation sites (tertiary alicyclic amines) is 1. The van der Waals surface area contributed by atoms with Gasteiger partial charge in [0.15, 0.2) is 0 Å². The van der Waals surface area contributed by atoms with Crippen molar-refractivity contribution in [2.75, 3.05) is 13.1 Å². The summed E-state index contributed by atoms with van der Waals surface area (Å²) in [7, 11) is 0. The molecular formula is C33H38N2O4. The van der Waals surface area contributed by atoms with E-state index in [1.54, 1.807) is 11.0 Å². The zero-order valence-electron chi connectivity index (χ0n) is 22.7. The van der Waals surface area contributed by atoms with Gasteiger partial charge in [0.25, 0.3) is 0 Å². The van der Waals surface area contributed by atoms with Crippen LogP contribution in [0.25, 0.3) is 0 Å². The van der Waals surface area contributed by atoms with Crippen molar-refractivity contribution >= 4 is 11.9 Å². The second kappa shape index (κ2) is 11.6. The molecule has 2 aliphatic heterocycles. The summed E-state index contributed by atoms with van der Waals surface area (Å²) in [5.74, 6) is -0.393. The molecule has 0 spiro atoms. The molecule has 3 aromatic rings. The molecule has 0 saturated carbocycles. The highest BCUT2D eigenvalue weighted by molar-refractivity contribution is 5.86. The van der Waals surface area contributed by atoms with Crippen LogP contribution in [0.1, 0.15) is 48.6 Å². The minimum atomic E-state index is -0.964. The molecule has 0 aliphatic carbocycles. The summed E-state index contributed by atoms with van der Waals surface area (Å²) in [5, 5.41) is 20.4. The van der Waals surface area contributed by atoms with Crippen LogP contribution >= 0.6 is 0 Å². The second-order valence-electron chi connectivity index (χ2n) is 11.3. The number of aliphatic carboxylic acids is 1. The molecule has 2 heterocycles. The summed E-state index contributed by atoms with van der Waals surface area (Å²) in [6.45, 7) is 6.19. The number of rotatable bonds is 7. The summed E-state index contributed by atoms with van der Waals surface area (Å²) >= 11 is 0. The standard InChI is InChI=1S/C33H38N2O4/c1-22-15-16-34(31(23(22)2)26-13-8-14-29(36)18-26)20-28(17-24-9-4-3-5-10-24)32(37)35-21-27-12-7-6-11-25(27)19-30(35)33(38)39/h3-14,18,22-23,28,30-31,36H,15-17,19-21H2,1-2H3,(H,38,39)/t22-,23-,28+,30+,31?/m1/s1. The van der Waals surface area contributed by atoms with Gasteiger partial charge in [-0.05, 0) is 65.6 Å². The van der Waals surface area contributed by atoms with Crippen LogP contribution in [0.5, 0.6) is 5.75 Å². The van der Waals surface area contributed by atoms with Gasteiger partial charge >= 0.3 is 5.97 Å². The van der Waals surface area contributed by atoms with Gasteiger partial charge in [-0.1, -0.05) is 80.6 Å². The number of hydrogen-bond donors (Lipinski definition) is 2. The zero-order valence-corrected chi connectivity index (χ0v) is 22.7. The number of carbonyl (C=O) groups is 2. The lowest BCUT2D eigenvalue weighted by atomic mass is 9.78. The fourth-order valence-electron chi connectivity index (χ4n) is 6.46. The number of carboxylic acid groups (broad SMARTS) is 1. The van der Waals surface area contributed by atoms with E-state index >= 15 is 0 Å². The van der Waals surface area contributed by atoms with E-state index in [1.807, 2.05) is 66.7 Å². The molecule has 5 atom stereocenters. The van der Waals surface area contributed by atoms with Crippen molar-refractivity contribution in [2.45, 2.75) is 51.7 Å². The van der Waals surface area contributed by atoms with E-state index in [4.69, 9.17) is 0 Å². The van der Waals surface area contributed by atoms with Gasteiger partial charge in [-0.3, -0.25) is 9.69 Å². The van der Waals surface area contributed by atoms with Gasteiger partial charge in [-0.2, -0.15) is 0 Å². The fraction of sp³-hybridized carbons (Fsp3) is 0.394. The summed E-state index contributed by atoms with van der Waals surface area (Å²) in [4.78, 5) is 30.7. The maximum absolute atomic E-state index is 14.3. The first-order valence-corrected chi connectivity index (χ1v) is 14.0. The van der Waals surface area contributed by atoms with E-state index in [1.165, 1.54) is 0 Å². The smallest absolute Gasteiger partial charge is 0.326 e. The number of carbonyl (C=O) groups excluding carboxylic acids is 1. The summed E-state index contributed by atoms with van der Waals surface area (Å²) < 4.78 is 0. The third-order valence-corrected chi connectivity index (χ3v) is 8.82. The number of fused-ring (bicyclic) bond motifs is 1. The van der Waals surface area contributed by atoms with Crippen LogP contribution in [0.2, 0.25) is 0 Å². The fourth-order valence-corrected chi connectivity index (χ4v) is 6.46. The topological polar surface area (TPSA) is 81.1 Å². The van der Waals surface area contributed by atoms with Gasteiger partial charge in [-0.15, -0.1) is 0 Å². The Balaban J connectivity index is 1.48. The molecular weight excluding hydrogens is 488 g/mol.